The second-order valence-corrected chi connectivity index (χ2v) is 7.22. The van der Waals surface area contributed by atoms with E-state index in [1.165, 1.54) is 0 Å². The van der Waals surface area contributed by atoms with Crippen molar-refractivity contribution in [1.29, 1.82) is 0 Å². The molecule has 0 spiro atoms. The molecule has 0 unspecified atom stereocenters. The summed E-state index contributed by atoms with van der Waals surface area (Å²) in [6.45, 7) is 2.84. The number of fused-ring (bicyclic) bond motifs is 1. The van der Waals surface area contributed by atoms with Gasteiger partial charge in [0.05, 0.1) is 12.8 Å². The van der Waals surface area contributed by atoms with Gasteiger partial charge in [-0.25, -0.2) is 0 Å². The topological polar surface area (TPSA) is 70.2 Å². The van der Waals surface area contributed by atoms with Gasteiger partial charge in [-0.3, -0.25) is 9.89 Å². The van der Waals surface area contributed by atoms with Gasteiger partial charge >= 0.3 is 0 Å². The molecule has 1 aromatic heterocycles. The molecule has 1 fully saturated rings. The fraction of sp³-hybridized carbons (Fsp3) is 0.333. The number of carbonyl (C=O) groups excluding carboxylic acids is 1. The van der Waals surface area contributed by atoms with Crippen molar-refractivity contribution in [3.8, 4) is 17.0 Å². The van der Waals surface area contributed by atoms with Gasteiger partial charge in [-0.15, -0.1) is 0 Å². The first-order valence-corrected chi connectivity index (χ1v) is 9.23. The van der Waals surface area contributed by atoms with E-state index in [9.17, 15) is 4.79 Å². The Morgan fingerprint density at radius 2 is 2.07 bits per heavy atom. The lowest BCUT2D eigenvalue weighted by atomic mass is 10.0. The van der Waals surface area contributed by atoms with Crippen molar-refractivity contribution in [2.75, 3.05) is 33.8 Å². The number of carbonyl (C=O) groups is 1. The van der Waals surface area contributed by atoms with Crippen LogP contribution >= 0.6 is 0 Å². The molecular weight excluding hydrogens is 340 g/mol. The lowest BCUT2D eigenvalue weighted by Crippen LogP contribution is -2.30. The van der Waals surface area contributed by atoms with Crippen LogP contribution in [0.5, 0.6) is 5.75 Å². The monoisotopic (exact) mass is 364 g/mol. The molecule has 2 N–H and O–H groups in total. The Labute approximate surface area is 158 Å². The number of likely N-dealkylation sites (tertiary alicyclic amines) is 1. The molecule has 2 heterocycles. The Balaban J connectivity index is 1.46. The summed E-state index contributed by atoms with van der Waals surface area (Å²) < 4.78 is 5.27. The standard InChI is InChI=1S/C21H24N4O2/c1-25-8-7-14(13-25)12-22-21(26)20-11-19(23-24-20)17-4-3-16-10-18(27-2)6-5-15(16)9-17/h3-6,9-11,14H,7-8,12-13H2,1-2H3,(H,22,26)(H,23,24)/t14-/m0/s1. The molecular formula is C21H24N4O2. The van der Waals surface area contributed by atoms with Crippen LogP contribution in [0.25, 0.3) is 22.0 Å². The van der Waals surface area contributed by atoms with Crippen LogP contribution in [0.4, 0.5) is 0 Å². The van der Waals surface area contributed by atoms with E-state index in [4.69, 9.17) is 4.74 Å². The first-order chi connectivity index (χ1) is 13.1. The van der Waals surface area contributed by atoms with Gasteiger partial charge in [0.2, 0.25) is 0 Å². The molecule has 140 valence electrons. The van der Waals surface area contributed by atoms with Gasteiger partial charge in [-0.1, -0.05) is 18.2 Å². The molecule has 4 rings (SSSR count). The highest BCUT2D eigenvalue weighted by atomic mass is 16.5. The smallest absolute Gasteiger partial charge is 0.269 e. The third kappa shape index (κ3) is 3.80. The maximum atomic E-state index is 12.4. The molecule has 1 atom stereocenters. The number of amides is 1. The minimum Gasteiger partial charge on any atom is -0.497 e. The molecule has 1 aliphatic rings. The summed E-state index contributed by atoms with van der Waals surface area (Å²) in [7, 11) is 3.78. The van der Waals surface area contributed by atoms with E-state index in [1.54, 1.807) is 13.2 Å². The van der Waals surface area contributed by atoms with E-state index in [1.807, 2.05) is 30.3 Å². The van der Waals surface area contributed by atoms with Gasteiger partial charge in [-0.05, 0) is 61.0 Å². The summed E-state index contributed by atoms with van der Waals surface area (Å²) >= 11 is 0. The predicted octanol–water partition coefficient (Wildman–Crippen LogP) is 2.92. The first kappa shape index (κ1) is 17.5. The van der Waals surface area contributed by atoms with Crippen LogP contribution in [0.3, 0.4) is 0 Å². The Morgan fingerprint density at radius 3 is 2.85 bits per heavy atom. The number of nitrogens with one attached hydrogen (secondary N) is 2. The summed E-state index contributed by atoms with van der Waals surface area (Å²) in [4.78, 5) is 14.7. The van der Waals surface area contributed by atoms with Crippen molar-refractivity contribution in [3.05, 3.63) is 48.2 Å². The minimum atomic E-state index is -0.103. The van der Waals surface area contributed by atoms with Gasteiger partial charge in [0.15, 0.2) is 0 Å². The number of ether oxygens (including phenoxy) is 1. The molecule has 0 aliphatic carbocycles. The summed E-state index contributed by atoms with van der Waals surface area (Å²) in [5, 5.41) is 12.4. The predicted molar refractivity (Wildman–Crippen MR) is 106 cm³/mol. The SMILES string of the molecule is COc1ccc2cc(-c3cc(C(=O)NC[C@@H]4CCN(C)C4)[nH]n3)ccc2c1. The summed E-state index contributed by atoms with van der Waals surface area (Å²) in [5.74, 6) is 1.26. The fourth-order valence-corrected chi connectivity index (χ4v) is 3.62. The van der Waals surface area contributed by atoms with Crippen molar-refractivity contribution < 1.29 is 9.53 Å². The van der Waals surface area contributed by atoms with Crippen molar-refractivity contribution in [2.24, 2.45) is 5.92 Å². The maximum Gasteiger partial charge on any atom is 0.269 e. The number of rotatable bonds is 5. The lowest BCUT2D eigenvalue weighted by molar-refractivity contribution is 0.0942. The average Bonchev–Trinajstić information content (AvgIpc) is 3.34. The molecule has 2 aromatic carbocycles. The van der Waals surface area contributed by atoms with Crippen LogP contribution in [0.1, 0.15) is 16.9 Å². The van der Waals surface area contributed by atoms with Crippen LogP contribution in [-0.2, 0) is 0 Å². The zero-order valence-electron chi connectivity index (χ0n) is 15.7. The van der Waals surface area contributed by atoms with Crippen LogP contribution in [0.15, 0.2) is 42.5 Å². The van der Waals surface area contributed by atoms with E-state index in [2.05, 4.69) is 33.5 Å². The average molecular weight is 364 g/mol. The first-order valence-electron chi connectivity index (χ1n) is 9.23. The molecule has 0 radical (unpaired) electrons. The number of aromatic nitrogens is 2. The van der Waals surface area contributed by atoms with Crippen molar-refractivity contribution in [2.45, 2.75) is 6.42 Å². The Bertz CT molecular complexity index is 966. The van der Waals surface area contributed by atoms with Crippen molar-refractivity contribution in [1.82, 2.24) is 20.4 Å². The second-order valence-electron chi connectivity index (χ2n) is 7.22. The molecule has 1 saturated heterocycles. The largest absolute Gasteiger partial charge is 0.497 e. The van der Waals surface area contributed by atoms with E-state index in [-0.39, 0.29) is 5.91 Å². The number of hydrogen-bond donors (Lipinski definition) is 2. The fourth-order valence-electron chi connectivity index (χ4n) is 3.62. The highest BCUT2D eigenvalue weighted by Gasteiger charge is 2.20. The molecule has 3 aromatic rings. The molecule has 6 nitrogen and oxygen atoms in total. The molecule has 27 heavy (non-hydrogen) atoms. The number of benzene rings is 2. The Morgan fingerprint density at radius 1 is 1.26 bits per heavy atom. The van der Waals surface area contributed by atoms with Gasteiger partial charge < -0.3 is 15.0 Å². The quantitative estimate of drug-likeness (QED) is 0.730. The number of H-pyrrole nitrogens is 1. The van der Waals surface area contributed by atoms with Gasteiger partial charge in [-0.2, -0.15) is 5.10 Å². The van der Waals surface area contributed by atoms with Crippen molar-refractivity contribution in [3.63, 3.8) is 0 Å². The van der Waals surface area contributed by atoms with Gasteiger partial charge in [0, 0.05) is 18.7 Å². The van der Waals surface area contributed by atoms with E-state index in [0.717, 1.165) is 47.3 Å². The third-order valence-corrected chi connectivity index (χ3v) is 5.21. The Hall–Kier alpha value is -2.86. The van der Waals surface area contributed by atoms with Gasteiger partial charge in [0.1, 0.15) is 11.4 Å². The van der Waals surface area contributed by atoms with E-state index < -0.39 is 0 Å². The number of nitrogens with zero attached hydrogens (tertiary/aromatic N) is 2. The maximum absolute atomic E-state index is 12.4. The van der Waals surface area contributed by atoms with Crippen molar-refractivity contribution >= 4 is 16.7 Å². The van der Waals surface area contributed by atoms with Crippen LogP contribution < -0.4 is 10.1 Å². The Kier molecular flexibility index (Phi) is 4.81. The zero-order chi connectivity index (χ0) is 18.8. The molecule has 1 amide bonds. The number of aromatic amines is 1. The molecule has 0 saturated carbocycles. The van der Waals surface area contributed by atoms with Crippen LogP contribution in [0, 0.1) is 5.92 Å². The molecule has 1 aliphatic heterocycles. The second kappa shape index (κ2) is 7.40. The zero-order valence-corrected chi connectivity index (χ0v) is 15.7. The van der Waals surface area contributed by atoms with Crippen LogP contribution in [0.2, 0.25) is 0 Å². The summed E-state index contributed by atoms with van der Waals surface area (Å²) in [6.07, 6.45) is 1.13. The molecule has 0 bridgehead atoms. The molecule has 6 heteroatoms. The van der Waals surface area contributed by atoms with E-state index >= 15 is 0 Å². The van der Waals surface area contributed by atoms with Gasteiger partial charge in [0.25, 0.3) is 5.91 Å². The lowest BCUT2D eigenvalue weighted by Gasteiger charge is -2.10. The summed E-state index contributed by atoms with van der Waals surface area (Å²) in [5.41, 5.74) is 2.23. The number of hydrogen-bond acceptors (Lipinski definition) is 4. The highest BCUT2D eigenvalue weighted by Crippen LogP contribution is 2.26. The van der Waals surface area contributed by atoms with Crippen LogP contribution in [-0.4, -0.2) is 54.8 Å². The number of methoxy groups -OCH3 is 1. The summed E-state index contributed by atoms with van der Waals surface area (Å²) in [6, 6.07) is 13.9. The third-order valence-electron chi connectivity index (χ3n) is 5.21. The van der Waals surface area contributed by atoms with E-state index in [0.29, 0.717) is 18.2 Å². The normalized spacial score (nSPS) is 17.3. The highest BCUT2D eigenvalue weighted by molar-refractivity contribution is 5.94. The minimum absolute atomic E-state index is 0.103.